The van der Waals surface area contributed by atoms with E-state index in [0.29, 0.717) is 12.0 Å². The minimum atomic E-state index is 0.339. The lowest BCUT2D eigenvalue weighted by Crippen LogP contribution is -2.38. The molecule has 5 heteroatoms. The maximum atomic E-state index is 4.88. The topological polar surface area (TPSA) is 44.3 Å². The van der Waals surface area contributed by atoms with E-state index in [1.165, 1.54) is 12.8 Å². The second kappa shape index (κ2) is 6.60. The number of nitrogens with zero attached hydrogens (tertiary/aromatic N) is 4. The van der Waals surface area contributed by atoms with Crippen LogP contribution in [0.2, 0.25) is 0 Å². The fourth-order valence-corrected chi connectivity index (χ4v) is 3.03. The summed E-state index contributed by atoms with van der Waals surface area (Å²) in [6, 6.07) is 0.554. The molecule has 0 saturated carbocycles. The Morgan fingerprint density at radius 3 is 2.62 bits per heavy atom. The van der Waals surface area contributed by atoms with Crippen molar-refractivity contribution in [3.05, 3.63) is 11.4 Å². The molecule has 1 aliphatic heterocycles. The van der Waals surface area contributed by atoms with Crippen molar-refractivity contribution in [2.75, 3.05) is 44.4 Å². The number of aromatic nitrogens is 2. The molecular formula is C16H29N5. The molecule has 0 aliphatic carbocycles. The molecule has 1 aromatic heterocycles. The number of likely N-dealkylation sites (N-methyl/N-ethyl adjacent to an activating group) is 1. The lowest BCUT2D eigenvalue weighted by molar-refractivity contribution is 0.371. The van der Waals surface area contributed by atoms with Gasteiger partial charge in [-0.2, -0.15) is 0 Å². The van der Waals surface area contributed by atoms with E-state index in [9.17, 15) is 0 Å². The maximum absolute atomic E-state index is 4.88. The van der Waals surface area contributed by atoms with Gasteiger partial charge in [-0.15, -0.1) is 0 Å². The normalized spacial score (nSPS) is 18.9. The summed E-state index contributed by atoms with van der Waals surface area (Å²) in [5.41, 5.74) is 1.16. The van der Waals surface area contributed by atoms with E-state index in [4.69, 9.17) is 4.98 Å². The molecule has 5 nitrogen and oxygen atoms in total. The Morgan fingerprint density at radius 1 is 1.33 bits per heavy atom. The number of hydrogen-bond acceptors (Lipinski definition) is 5. The molecule has 0 bridgehead atoms. The molecule has 21 heavy (non-hydrogen) atoms. The molecule has 0 amide bonds. The second-order valence-electron chi connectivity index (χ2n) is 6.54. The van der Waals surface area contributed by atoms with Gasteiger partial charge in [0.25, 0.3) is 0 Å². The van der Waals surface area contributed by atoms with Crippen molar-refractivity contribution in [3.8, 4) is 0 Å². The first-order chi connectivity index (χ1) is 9.93. The van der Waals surface area contributed by atoms with Crippen molar-refractivity contribution in [3.63, 3.8) is 0 Å². The Labute approximate surface area is 128 Å². The highest BCUT2D eigenvalue weighted by atomic mass is 15.3. The smallest absolute Gasteiger partial charge is 0.137 e. The van der Waals surface area contributed by atoms with Gasteiger partial charge in [0.1, 0.15) is 17.5 Å². The summed E-state index contributed by atoms with van der Waals surface area (Å²) in [4.78, 5) is 14.3. The monoisotopic (exact) mass is 291 g/mol. The zero-order valence-electron chi connectivity index (χ0n) is 14.3. The fourth-order valence-electron chi connectivity index (χ4n) is 3.03. The van der Waals surface area contributed by atoms with Crippen molar-refractivity contribution in [2.24, 2.45) is 0 Å². The molecule has 1 atom stereocenters. The molecule has 1 unspecified atom stereocenters. The average Bonchev–Trinajstić information content (AvgIpc) is 2.85. The predicted molar refractivity (Wildman–Crippen MR) is 89.3 cm³/mol. The van der Waals surface area contributed by atoms with Gasteiger partial charge in [0.05, 0.1) is 0 Å². The fraction of sp³-hybridized carbons (Fsp3) is 0.750. The van der Waals surface area contributed by atoms with Crippen LogP contribution in [0.15, 0.2) is 0 Å². The van der Waals surface area contributed by atoms with Gasteiger partial charge in [0.15, 0.2) is 0 Å². The SMILES string of the molecule is CNc1nc(C(C)C)nc(N2CCCC2CN(C)C)c1C. The summed E-state index contributed by atoms with van der Waals surface area (Å²) in [7, 11) is 6.22. The van der Waals surface area contributed by atoms with Crippen LogP contribution in [0, 0.1) is 6.92 Å². The molecule has 2 rings (SSSR count). The number of hydrogen-bond donors (Lipinski definition) is 1. The lowest BCUT2D eigenvalue weighted by atomic mass is 10.1. The first-order valence-electron chi connectivity index (χ1n) is 7.91. The Hall–Kier alpha value is -1.36. The largest absolute Gasteiger partial charge is 0.373 e. The summed E-state index contributed by atoms with van der Waals surface area (Å²) in [5, 5.41) is 3.22. The Bertz CT molecular complexity index is 484. The summed E-state index contributed by atoms with van der Waals surface area (Å²) in [6.45, 7) is 8.59. The van der Waals surface area contributed by atoms with Gasteiger partial charge in [0, 0.05) is 37.7 Å². The minimum absolute atomic E-state index is 0.339. The van der Waals surface area contributed by atoms with Gasteiger partial charge < -0.3 is 15.1 Å². The minimum Gasteiger partial charge on any atom is -0.373 e. The van der Waals surface area contributed by atoms with Gasteiger partial charge >= 0.3 is 0 Å². The third kappa shape index (κ3) is 3.46. The molecular weight excluding hydrogens is 262 g/mol. The third-order valence-electron chi connectivity index (χ3n) is 4.12. The van der Waals surface area contributed by atoms with Gasteiger partial charge in [-0.1, -0.05) is 13.8 Å². The highest BCUT2D eigenvalue weighted by Gasteiger charge is 2.28. The van der Waals surface area contributed by atoms with E-state index in [0.717, 1.165) is 36.1 Å². The molecule has 0 spiro atoms. The molecule has 0 aromatic carbocycles. The molecule has 1 aromatic rings. The summed E-state index contributed by atoms with van der Waals surface area (Å²) in [5.74, 6) is 3.34. The first kappa shape index (κ1) is 16.0. The zero-order chi connectivity index (χ0) is 15.6. The molecule has 1 N–H and O–H groups in total. The van der Waals surface area contributed by atoms with Crippen LogP contribution in [-0.4, -0.2) is 55.1 Å². The summed E-state index contributed by atoms with van der Waals surface area (Å²) < 4.78 is 0. The van der Waals surface area contributed by atoms with Crippen molar-refractivity contribution in [2.45, 2.75) is 45.6 Å². The van der Waals surface area contributed by atoms with Crippen molar-refractivity contribution < 1.29 is 0 Å². The highest BCUT2D eigenvalue weighted by molar-refractivity contribution is 5.59. The van der Waals surface area contributed by atoms with Crippen LogP contribution in [0.4, 0.5) is 11.6 Å². The predicted octanol–water partition coefficient (Wildman–Crippen LogP) is 2.48. The van der Waals surface area contributed by atoms with Crippen LogP contribution >= 0.6 is 0 Å². The lowest BCUT2D eigenvalue weighted by Gasteiger charge is -2.30. The van der Waals surface area contributed by atoms with Gasteiger partial charge in [0.2, 0.25) is 0 Å². The van der Waals surface area contributed by atoms with E-state index in [-0.39, 0.29) is 0 Å². The van der Waals surface area contributed by atoms with Gasteiger partial charge in [-0.3, -0.25) is 0 Å². The van der Waals surface area contributed by atoms with Crippen LogP contribution in [-0.2, 0) is 0 Å². The molecule has 1 saturated heterocycles. The van der Waals surface area contributed by atoms with Crippen LogP contribution in [0.25, 0.3) is 0 Å². The van der Waals surface area contributed by atoms with Crippen molar-refractivity contribution in [1.29, 1.82) is 0 Å². The Morgan fingerprint density at radius 2 is 2.05 bits per heavy atom. The molecule has 0 radical (unpaired) electrons. The number of anilines is 2. The maximum Gasteiger partial charge on any atom is 0.137 e. The zero-order valence-corrected chi connectivity index (χ0v) is 14.3. The van der Waals surface area contributed by atoms with E-state index < -0.39 is 0 Å². The van der Waals surface area contributed by atoms with E-state index >= 15 is 0 Å². The number of nitrogens with one attached hydrogen (secondary N) is 1. The average molecular weight is 291 g/mol. The van der Waals surface area contributed by atoms with E-state index in [2.05, 4.69) is 55.0 Å². The highest BCUT2D eigenvalue weighted by Crippen LogP contribution is 2.31. The van der Waals surface area contributed by atoms with Crippen LogP contribution in [0.3, 0.4) is 0 Å². The summed E-state index contributed by atoms with van der Waals surface area (Å²) >= 11 is 0. The second-order valence-corrected chi connectivity index (χ2v) is 6.54. The summed E-state index contributed by atoms with van der Waals surface area (Å²) in [6.07, 6.45) is 2.49. The van der Waals surface area contributed by atoms with Crippen molar-refractivity contribution >= 4 is 11.6 Å². The first-order valence-corrected chi connectivity index (χ1v) is 7.91. The quantitative estimate of drug-likeness (QED) is 0.903. The van der Waals surface area contributed by atoms with Crippen LogP contribution < -0.4 is 10.2 Å². The standard InChI is InChI=1S/C16H29N5/c1-11(2)14-18-15(17-4)12(3)16(19-14)21-9-7-8-13(21)10-20(5)6/h11,13H,7-10H2,1-6H3,(H,17,18,19). The Kier molecular flexibility index (Phi) is 5.04. The molecule has 1 fully saturated rings. The van der Waals surface area contributed by atoms with Gasteiger partial charge in [-0.25, -0.2) is 9.97 Å². The van der Waals surface area contributed by atoms with Crippen LogP contribution in [0.5, 0.6) is 0 Å². The molecule has 1 aliphatic rings. The third-order valence-corrected chi connectivity index (χ3v) is 4.12. The molecule has 2 heterocycles. The van der Waals surface area contributed by atoms with Gasteiger partial charge in [-0.05, 0) is 33.9 Å². The van der Waals surface area contributed by atoms with Crippen molar-refractivity contribution in [1.82, 2.24) is 14.9 Å². The molecule has 118 valence electrons. The Balaban J connectivity index is 2.39. The number of rotatable bonds is 5. The van der Waals surface area contributed by atoms with E-state index in [1.807, 2.05) is 7.05 Å². The van der Waals surface area contributed by atoms with E-state index in [1.54, 1.807) is 0 Å². The van der Waals surface area contributed by atoms with Crippen LogP contribution in [0.1, 0.15) is 44.0 Å².